The van der Waals surface area contributed by atoms with E-state index in [0.29, 0.717) is 37.4 Å². The van der Waals surface area contributed by atoms with Gasteiger partial charge in [0.25, 0.3) is 5.91 Å². The first-order valence-corrected chi connectivity index (χ1v) is 12.4. The van der Waals surface area contributed by atoms with E-state index in [-0.39, 0.29) is 16.8 Å². The van der Waals surface area contributed by atoms with Crippen LogP contribution < -0.4 is 5.32 Å². The highest BCUT2D eigenvalue weighted by Crippen LogP contribution is 2.26. The lowest BCUT2D eigenvalue weighted by molar-refractivity contribution is 0.0730. The van der Waals surface area contributed by atoms with Gasteiger partial charge in [-0.15, -0.1) is 0 Å². The number of amides is 1. The van der Waals surface area contributed by atoms with E-state index in [1.807, 2.05) is 6.92 Å². The van der Waals surface area contributed by atoms with E-state index in [1.54, 1.807) is 19.1 Å². The molecule has 0 unspecified atom stereocenters. The van der Waals surface area contributed by atoms with Gasteiger partial charge in [-0.05, 0) is 73.9 Å². The molecule has 6 nitrogen and oxygen atoms in total. The molecular weight excluding hydrogens is 412 g/mol. The molecule has 1 atom stereocenters. The molecule has 7 heteroatoms. The van der Waals surface area contributed by atoms with Gasteiger partial charge in [0.15, 0.2) is 0 Å². The normalized spacial score (nSPS) is 18.3. The summed E-state index contributed by atoms with van der Waals surface area (Å²) in [5.41, 5.74) is 4.83. The first-order valence-electron chi connectivity index (χ1n) is 11.0. The molecule has 2 aromatic carbocycles. The Bertz CT molecular complexity index is 1070. The van der Waals surface area contributed by atoms with E-state index in [4.69, 9.17) is 4.74 Å². The standard InChI is InChI=1S/C24H30N2O4S/c1-17-7-8-22(16-23(17)31(28,29)26-11-13-30-14-12-26)24(27)25-18(2)20-10-9-19-5-3-4-6-21(19)15-20/h7-10,15-16,18H,3-6,11-14H2,1-2H3,(H,25,27)/t18-/m1/s1. The van der Waals surface area contributed by atoms with E-state index >= 15 is 0 Å². The van der Waals surface area contributed by atoms with Crippen molar-refractivity contribution in [3.8, 4) is 0 Å². The molecule has 1 N–H and O–H groups in total. The lowest BCUT2D eigenvalue weighted by Crippen LogP contribution is -2.41. The monoisotopic (exact) mass is 442 g/mol. The molecule has 1 heterocycles. The summed E-state index contributed by atoms with van der Waals surface area (Å²) in [6.45, 7) is 5.14. The third-order valence-corrected chi connectivity index (χ3v) is 8.30. The smallest absolute Gasteiger partial charge is 0.251 e. The number of nitrogens with zero attached hydrogens (tertiary/aromatic N) is 1. The molecule has 2 aliphatic rings. The fourth-order valence-electron chi connectivity index (χ4n) is 4.33. The zero-order chi connectivity index (χ0) is 22.0. The molecule has 1 fully saturated rings. The predicted octanol–water partition coefficient (Wildman–Crippen LogP) is 3.39. The number of carbonyl (C=O) groups excluding carboxylic acids is 1. The minimum atomic E-state index is -3.67. The molecule has 2 aromatic rings. The molecule has 1 amide bonds. The molecule has 0 spiro atoms. The van der Waals surface area contributed by atoms with E-state index in [1.165, 1.54) is 34.3 Å². The highest BCUT2D eigenvalue weighted by atomic mass is 32.2. The van der Waals surface area contributed by atoms with E-state index in [9.17, 15) is 13.2 Å². The third-order valence-electron chi connectivity index (χ3n) is 6.26. The largest absolute Gasteiger partial charge is 0.379 e. The van der Waals surface area contributed by atoms with Gasteiger partial charge in [-0.3, -0.25) is 4.79 Å². The van der Waals surface area contributed by atoms with Crippen molar-refractivity contribution in [2.24, 2.45) is 0 Å². The number of fused-ring (bicyclic) bond motifs is 1. The van der Waals surface area contributed by atoms with Crippen LogP contribution in [0.3, 0.4) is 0 Å². The molecule has 0 bridgehead atoms. The van der Waals surface area contributed by atoms with Gasteiger partial charge in [-0.25, -0.2) is 8.42 Å². The Labute approximate surface area is 184 Å². The van der Waals surface area contributed by atoms with Gasteiger partial charge in [0.1, 0.15) is 0 Å². The Balaban J connectivity index is 1.53. The Morgan fingerprint density at radius 2 is 1.74 bits per heavy atom. The molecule has 31 heavy (non-hydrogen) atoms. The van der Waals surface area contributed by atoms with Gasteiger partial charge in [-0.1, -0.05) is 24.3 Å². The Hall–Kier alpha value is -2.22. The molecule has 0 aromatic heterocycles. The SMILES string of the molecule is Cc1ccc(C(=O)N[C@H](C)c2ccc3c(c2)CCCC3)cc1S(=O)(=O)N1CCOCC1. The highest BCUT2D eigenvalue weighted by molar-refractivity contribution is 7.89. The second-order valence-corrected chi connectivity index (χ2v) is 10.3. The Morgan fingerprint density at radius 1 is 1.03 bits per heavy atom. The fourth-order valence-corrected chi connectivity index (χ4v) is 5.99. The second kappa shape index (κ2) is 9.10. The molecule has 1 aliphatic heterocycles. The summed E-state index contributed by atoms with van der Waals surface area (Å²) in [6.07, 6.45) is 4.66. The minimum Gasteiger partial charge on any atom is -0.379 e. The minimum absolute atomic E-state index is 0.166. The fraction of sp³-hybridized carbons (Fsp3) is 0.458. The molecule has 4 rings (SSSR count). The number of aryl methyl sites for hydroxylation is 3. The number of sulfonamides is 1. The van der Waals surface area contributed by atoms with Crippen LogP contribution in [0.15, 0.2) is 41.3 Å². The van der Waals surface area contributed by atoms with Crippen LogP contribution >= 0.6 is 0 Å². The summed E-state index contributed by atoms with van der Waals surface area (Å²) in [6, 6.07) is 11.2. The summed E-state index contributed by atoms with van der Waals surface area (Å²) in [5, 5.41) is 3.03. The van der Waals surface area contributed by atoms with Crippen LogP contribution in [0, 0.1) is 6.92 Å². The Kier molecular flexibility index (Phi) is 6.46. The van der Waals surface area contributed by atoms with Crippen LogP contribution in [0.4, 0.5) is 0 Å². The maximum atomic E-state index is 13.1. The van der Waals surface area contributed by atoms with Gasteiger partial charge < -0.3 is 10.1 Å². The third kappa shape index (κ3) is 4.68. The first kappa shape index (κ1) is 22.0. The van der Waals surface area contributed by atoms with Crippen molar-refractivity contribution < 1.29 is 17.9 Å². The van der Waals surface area contributed by atoms with E-state index < -0.39 is 10.0 Å². The van der Waals surface area contributed by atoms with Crippen LogP contribution in [0.1, 0.15) is 58.4 Å². The van der Waals surface area contributed by atoms with Crippen LogP contribution in [0.2, 0.25) is 0 Å². The molecule has 1 aliphatic carbocycles. The number of rotatable bonds is 5. The maximum absolute atomic E-state index is 13.1. The molecule has 0 saturated carbocycles. The van der Waals surface area contributed by atoms with Gasteiger partial charge in [0.2, 0.25) is 10.0 Å². The number of morpholine rings is 1. The zero-order valence-corrected chi connectivity index (χ0v) is 19.0. The lowest BCUT2D eigenvalue weighted by Gasteiger charge is -2.27. The quantitative estimate of drug-likeness (QED) is 0.770. The molecular formula is C24H30N2O4S. The number of nitrogens with one attached hydrogen (secondary N) is 1. The second-order valence-electron chi connectivity index (χ2n) is 8.43. The van der Waals surface area contributed by atoms with Crippen molar-refractivity contribution in [3.05, 3.63) is 64.2 Å². The number of benzene rings is 2. The zero-order valence-electron chi connectivity index (χ0n) is 18.2. The van der Waals surface area contributed by atoms with Crippen molar-refractivity contribution in [2.45, 2.75) is 50.5 Å². The van der Waals surface area contributed by atoms with Crippen LogP contribution in [-0.4, -0.2) is 44.9 Å². The number of ether oxygens (including phenoxy) is 1. The van der Waals surface area contributed by atoms with E-state index in [0.717, 1.165) is 18.4 Å². The van der Waals surface area contributed by atoms with Crippen LogP contribution in [0.5, 0.6) is 0 Å². The number of carbonyl (C=O) groups is 1. The summed E-state index contributed by atoms with van der Waals surface area (Å²) in [5.74, 6) is -0.274. The van der Waals surface area contributed by atoms with Crippen molar-refractivity contribution in [1.82, 2.24) is 9.62 Å². The summed E-state index contributed by atoms with van der Waals surface area (Å²) in [7, 11) is -3.67. The average molecular weight is 443 g/mol. The topological polar surface area (TPSA) is 75.7 Å². The van der Waals surface area contributed by atoms with E-state index in [2.05, 4.69) is 23.5 Å². The van der Waals surface area contributed by atoms with Crippen molar-refractivity contribution in [1.29, 1.82) is 0 Å². The van der Waals surface area contributed by atoms with Gasteiger partial charge >= 0.3 is 0 Å². The summed E-state index contributed by atoms with van der Waals surface area (Å²) < 4.78 is 32.9. The van der Waals surface area contributed by atoms with Gasteiger partial charge in [0, 0.05) is 18.7 Å². The Morgan fingerprint density at radius 3 is 2.48 bits per heavy atom. The van der Waals surface area contributed by atoms with Crippen molar-refractivity contribution in [3.63, 3.8) is 0 Å². The van der Waals surface area contributed by atoms with Gasteiger partial charge in [-0.2, -0.15) is 4.31 Å². The summed E-state index contributed by atoms with van der Waals surface area (Å²) >= 11 is 0. The average Bonchev–Trinajstić information content (AvgIpc) is 2.79. The van der Waals surface area contributed by atoms with Crippen molar-refractivity contribution in [2.75, 3.05) is 26.3 Å². The predicted molar refractivity (Wildman–Crippen MR) is 120 cm³/mol. The number of hydrogen-bond acceptors (Lipinski definition) is 4. The van der Waals surface area contributed by atoms with Crippen LogP contribution in [-0.2, 0) is 27.6 Å². The highest BCUT2D eigenvalue weighted by Gasteiger charge is 2.28. The molecule has 166 valence electrons. The maximum Gasteiger partial charge on any atom is 0.251 e. The number of hydrogen-bond donors (Lipinski definition) is 1. The van der Waals surface area contributed by atoms with Crippen LogP contribution in [0.25, 0.3) is 0 Å². The molecule has 1 saturated heterocycles. The molecule has 0 radical (unpaired) electrons. The first-order chi connectivity index (χ1) is 14.9. The van der Waals surface area contributed by atoms with Gasteiger partial charge in [0.05, 0.1) is 24.2 Å². The van der Waals surface area contributed by atoms with Crippen molar-refractivity contribution >= 4 is 15.9 Å². The lowest BCUT2D eigenvalue weighted by atomic mass is 9.89. The summed E-state index contributed by atoms with van der Waals surface area (Å²) in [4.78, 5) is 13.1.